The zero-order valence-electron chi connectivity index (χ0n) is 19.4. The first-order chi connectivity index (χ1) is 16.4. The summed E-state index contributed by atoms with van der Waals surface area (Å²) in [6.07, 6.45) is 7.19. The Kier molecular flexibility index (Phi) is 6.57. The Morgan fingerprint density at radius 2 is 1.76 bits per heavy atom. The number of benzene rings is 2. The molecule has 3 fully saturated rings. The van der Waals surface area contributed by atoms with E-state index in [4.69, 9.17) is 17.0 Å². The maximum Gasteiger partial charge on any atom is 0.264 e. The molecular weight excluding hydrogens is 468 g/mol. The first-order valence-corrected chi connectivity index (χ1v) is 13.9. The van der Waals surface area contributed by atoms with Crippen LogP contribution < -0.4 is 25.0 Å². The van der Waals surface area contributed by atoms with E-state index in [1.165, 1.54) is 25.7 Å². The maximum absolute atomic E-state index is 13.5. The molecule has 1 heterocycles. The summed E-state index contributed by atoms with van der Waals surface area (Å²) in [5.41, 5.74) is 1.87. The number of nitrogens with one attached hydrogen (secondary N) is 3. The van der Waals surface area contributed by atoms with Crippen LogP contribution in [0.1, 0.15) is 38.5 Å². The second-order valence-electron chi connectivity index (χ2n) is 9.59. The highest BCUT2D eigenvalue weighted by Crippen LogP contribution is 2.44. The Morgan fingerprint density at radius 1 is 1.03 bits per heavy atom. The zero-order valence-corrected chi connectivity index (χ0v) is 21.1. The van der Waals surface area contributed by atoms with Crippen molar-refractivity contribution in [2.45, 2.75) is 49.5 Å². The fourth-order valence-corrected chi connectivity index (χ4v) is 7.23. The van der Waals surface area contributed by atoms with Gasteiger partial charge in [0.05, 0.1) is 12.8 Å². The number of ether oxygens (including phenoxy) is 1. The summed E-state index contributed by atoms with van der Waals surface area (Å²) in [5.74, 6) is 2.20. The van der Waals surface area contributed by atoms with Crippen LogP contribution in [0.25, 0.3) is 0 Å². The summed E-state index contributed by atoms with van der Waals surface area (Å²) >= 11 is 5.58. The first kappa shape index (κ1) is 23.2. The molecule has 0 radical (unpaired) electrons. The molecule has 7 nitrogen and oxygen atoms in total. The van der Waals surface area contributed by atoms with Crippen molar-refractivity contribution >= 4 is 44.4 Å². The van der Waals surface area contributed by atoms with Gasteiger partial charge in [-0.25, -0.2) is 8.42 Å². The molecule has 0 unspecified atom stereocenters. The lowest BCUT2D eigenvalue weighted by molar-refractivity contribution is 0.392. The lowest BCUT2D eigenvalue weighted by Gasteiger charge is -2.25. The van der Waals surface area contributed by atoms with Crippen LogP contribution in [0.4, 0.5) is 17.1 Å². The van der Waals surface area contributed by atoms with Crippen molar-refractivity contribution in [2.24, 2.45) is 11.8 Å². The first-order valence-electron chi connectivity index (χ1n) is 12.0. The van der Waals surface area contributed by atoms with Gasteiger partial charge >= 0.3 is 0 Å². The van der Waals surface area contributed by atoms with Gasteiger partial charge in [-0.3, -0.25) is 4.72 Å². The van der Waals surface area contributed by atoms with Crippen LogP contribution in [0.5, 0.6) is 5.75 Å². The van der Waals surface area contributed by atoms with E-state index in [2.05, 4.69) is 20.3 Å². The Labute approximate surface area is 207 Å². The fraction of sp³-hybridized carbons (Fsp3) is 0.480. The van der Waals surface area contributed by atoms with Crippen molar-refractivity contribution in [3.8, 4) is 5.75 Å². The van der Waals surface area contributed by atoms with Crippen molar-refractivity contribution in [1.82, 2.24) is 5.32 Å². The minimum Gasteiger partial charge on any atom is -0.497 e. The van der Waals surface area contributed by atoms with Crippen molar-refractivity contribution in [2.75, 3.05) is 35.1 Å². The summed E-state index contributed by atoms with van der Waals surface area (Å²) < 4.78 is 34.9. The van der Waals surface area contributed by atoms with Gasteiger partial charge in [-0.2, -0.15) is 0 Å². The molecule has 2 aromatic carbocycles. The van der Waals surface area contributed by atoms with Gasteiger partial charge in [-0.15, -0.1) is 0 Å². The van der Waals surface area contributed by atoms with Gasteiger partial charge < -0.3 is 20.3 Å². The number of thiocarbonyl (C=S) groups is 1. The highest BCUT2D eigenvalue weighted by Gasteiger charge is 2.39. The minimum absolute atomic E-state index is 0.248. The third-order valence-electron chi connectivity index (χ3n) is 7.35. The van der Waals surface area contributed by atoms with E-state index >= 15 is 0 Å². The van der Waals surface area contributed by atoms with Crippen molar-refractivity contribution in [3.05, 3.63) is 42.5 Å². The van der Waals surface area contributed by atoms with Crippen LogP contribution in [0.2, 0.25) is 0 Å². The van der Waals surface area contributed by atoms with E-state index in [-0.39, 0.29) is 4.90 Å². The lowest BCUT2D eigenvalue weighted by atomic mass is 9.96. The van der Waals surface area contributed by atoms with E-state index in [1.54, 1.807) is 37.4 Å². The van der Waals surface area contributed by atoms with E-state index in [9.17, 15) is 8.42 Å². The molecule has 0 amide bonds. The summed E-state index contributed by atoms with van der Waals surface area (Å²) in [6.45, 7) is 1.70. The molecule has 2 saturated carbocycles. The number of fused-ring (bicyclic) bond motifs is 2. The molecule has 1 aliphatic heterocycles. The quantitative estimate of drug-likeness (QED) is 0.480. The molecule has 0 spiro atoms. The van der Waals surface area contributed by atoms with Crippen LogP contribution in [0.15, 0.2) is 47.4 Å². The Morgan fingerprint density at radius 3 is 2.41 bits per heavy atom. The highest BCUT2D eigenvalue weighted by molar-refractivity contribution is 7.93. The minimum atomic E-state index is -3.82. The molecule has 0 aromatic heterocycles. The van der Waals surface area contributed by atoms with Gasteiger partial charge in [-0.1, -0.05) is 6.42 Å². The molecule has 34 heavy (non-hydrogen) atoms. The highest BCUT2D eigenvalue weighted by atomic mass is 32.2. The predicted octanol–water partition coefficient (Wildman–Crippen LogP) is 4.57. The van der Waals surface area contributed by atoms with Gasteiger partial charge in [0.1, 0.15) is 10.6 Å². The average molecular weight is 501 g/mol. The smallest absolute Gasteiger partial charge is 0.264 e. The molecule has 182 valence electrons. The van der Waals surface area contributed by atoms with E-state index in [0.717, 1.165) is 37.5 Å². The molecule has 3 N–H and O–H groups in total. The monoisotopic (exact) mass is 500 g/mol. The number of sulfonamides is 1. The van der Waals surface area contributed by atoms with Gasteiger partial charge in [0.25, 0.3) is 10.0 Å². The standard InChI is InChI=1S/C25H32N4O3S2/c1-32-21-9-6-19(7-10-21)28-34(30,31)24-16-20(8-11-23(24)29-12-2-3-13-29)26-25(33)27-22-15-17-4-5-18(22)14-17/h6-11,16-18,22,28H,2-5,12-15H2,1H3,(H2,26,27,33)/t17-,18-,22-/m1/s1. The third kappa shape index (κ3) is 4.95. The van der Waals surface area contributed by atoms with Crippen LogP contribution in [-0.2, 0) is 10.0 Å². The molecule has 3 aliphatic rings. The molecule has 1 saturated heterocycles. The molecule has 2 aromatic rings. The lowest BCUT2D eigenvalue weighted by Crippen LogP contribution is -2.40. The largest absolute Gasteiger partial charge is 0.497 e. The van der Waals surface area contributed by atoms with Crippen molar-refractivity contribution < 1.29 is 13.2 Å². The van der Waals surface area contributed by atoms with Crippen LogP contribution in [0.3, 0.4) is 0 Å². The number of hydrogen-bond acceptors (Lipinski definition) is 5. The maximum atomic E-state index is 13.5. The van der Waals surface area contributed by atoms with Gasteiger partial charge in [0.15, 0.2) is 5.11 Å². The molecule has 2 bridgehead atoms. The van der Waals surface area contributed by atoms with E-state index in [1.807, 2.05) is 12.1 Å². The summed E-state index contributed by atoms with van der Waals surface area (Å²) in [4.78, 5) is 2.39. The predicted molar refractivity (Wildman–Crippen MR) is 140 cm³/mol. The molecular formula is C25H32N4O3S2. The number of rotatable bonds is 7. The number of nitrogens with zero attached hydrogens (tertiary/aromatic N) is 1. The average Bonchev–Trinajstić information content (AvgIpc) is 3.58. The van der Waals surface area contributed by atoms with Gasteiger partial charge in [0.2, 0.25) is 0 Å². The second-order valence-corrected chi connectivity index (χ2v) is 11.6. The molecule has 2 aliphatic carbocycles. The topological polar surface area (TPSA) is 82.7 Å². The Bertz CT molecular complexity index is 1150. The van der Waals surface area contributed by atoms with E-state index in [0.29, 0.717) is 34.2 Å². The number of methoxy groups -OCH3 is 1. The SMILES string of the molecule is COc1ccc(NS(=O)(=O)c2cc(NC(=S)N[C@@H]3C[C@@H]4CC[C@@H]3C4)ccc2N2CCCC2)cc1. The van der Waals surface area contributed by atoms with Crippen LogP contribution >= 0.6 is 12.2 Å². The zero-order chi connectivity index (χ0) is 23.7. The number of hydrogen-bond donors (Lipinski definition) is 3. The van der Waals surface area contributed by atoms with Crippen LogP contribution in [0, 0.1) is 11.8 Å². The van der Waals surface area contributed by atoms with Crippen molar-refractivity contribution in [1.29, 1.82) is 0 Å². The third-order valence-corrected chi connectivity index (χ3v) is 8.98. The summed E-state index contributed by atoms with van der Waals surface area (Å²) in [7, 11) is -2.24. The van der Waals surface area contributed by atoms with Gasteiger partial charge in [0, 0.05) is 30.5 Å². The molecule has 9 heteroatoms. The number of anilines is 3. The normalized spacial score (nSPS) is 23.7. The van der Waals surface area contributed by atoms with E-state index < -0.39 is 10.0 Å². The van der Waals surface area contributed by atoms with Crippen LogP contribution in [-0.4, -0.2) is 39.8 Å². The Hall–Kier alpha value is -2.52. The molecule has 5 rings (SSSR count). The fourth-order valence-electron chi connectivity index (χ4n) is 5.65. The van der Waals surface area contributed by atoms with Gasteiger partial charge in [-0.05, 0) is 98.6 Å². The summed E-state index contributed by atoms with van der Waals surface area (Å²) in [5, 5.41) is 7.25. The Balaban J connectivity index is 1.37. The van der Waals surface area contributed by atoms with Crippen molar-refractivity contribution in [3.63, 3.8) is 0 Å². The second kappa shape index (κ2) is 9.62. The summed E-state index contributed by atoms with van der Waals surface area (Å²) in [6, 6.07) is 12.8. The molecule has 3 atom stereocenters.